The van der Waals surface area contributed by atoms with E-state index < -0.39 is 11.7 Å². The van der Waals surface area contributed by atoms with Gasteiger partial charge in [0.25, 0.3) is 5.91 Å². The number of rotatable bonds is 5. The van der Waals surface area contributed by atoms with Crippen molar-refractivity contribution >= 4 is 39.7 Å². The van der Waals surface area contributed by atoms with Crippen LogP contribution in [-0.4, -0.2) is 28.9 Å². The number of ether oxygens (including phenoxy) is 1. The van der Waals surface area contributed by atoms with Crippen molar-refractivity contribution in [1.82, 2.24) is 5.43 Å². The van der Waals surface area contributed by atoms with Gasteiger partial charge in [0.05, 0.1) is 11.2 Å². The van der Waals surface area contributed by atoms with Crippen LogP contribution in [0.4, 0.5) is 0 Å². The van der Waals surface area contributed by atoms with E-state index >= 15 is 0 Å². The van der Waals surface area contributed by atoms with Gasteiger partial charge in [-0.1, -0.05) is 27.5 Å². The second-order valence-electron chi connectivity index (χ2n) is 4.41. The Balaban J connectivity index is 1.85. The molecule has 0 bridgehead atoms. The summed E-state index contributed by atoms with van der Waals surface area (Å²) in [4.78, 5) is 11.6. The summed E-state index contributed by atoms with van der Waals surface area (Å²) in [5.74, 6) is -0.666. The van der Waals surface area contributed by atoms with Crippen molar-refractivity contribution in [2.45, 2.75) is 0 Å². The second-order valence-corrected chi connectivity index (χ2v) is 5.73. The summed E-state index contributed by atoms with van der Waals surface area (Å²) < 4.78 is 6.19. The molecule has 0 unspecified atom stereocenters. The van der Waals surface area contributed by atoms with Gasteiger partial charge in [-0.25, -0.2) is 5.43 Å². The number of hydrogen-bond acceptors (Lipinski definition) is 5. The zero-order valence-electron chi connectivity index (χ0n) is 11.7. The number of phenolic OH excluding ortho intramolecular Hbond substituents is 2. The number of benzene rings is 2. The van der Waals surface area contributed by atoms with Crippen LogP contribution in [-0.2, 0) is 4.79 Å². The summed E-state index contributed by atoms with van der Waals surface area (Å²) >= 11 is 9.01. The van der Waals surface area contributed by atoms with Crippen molar-refractivity contribution in [1.29, 1.82) is 0 Å². The molecule has 23 heavy (non-hydrogen) atoms. The number of hydrazone groups is 1. The molecule has 0 aromatic heterocycles. The summed E-state index contributed by atoms with van der Waals surface area (Å²) in [6.07, 6.45) is 1.28. The SMILES string of the molecule is O=C(COc1ccc(Br)cc1)N/N=C/c1cc(O)c(O)c(Cl)c1. The molecule has 1 amide bonds. The molecule has 2 rings (SSSR count). The molecule has 0 spiro atoms. The average molecular weight is 400 g/mol. The van der Waals surface area contributed by atoms with Crippen LogP contribution in [0.3, 0.4) is 0 Å². The molecular weight excluding hydrogens is 388 g/mol. The number of phenols is 2. The number of halogens is 2. The molecule has 0 fully saturated rings. The highest BCUT2D eigenvalue weighted by atomic mass is 79.9. The minimum absolute atomic E-state index is 0.0173. The van der Waals surface area contributed by atoms with Crippen LogP contribution in [0.5, 0.6) is 17.2 Å². The Morgan fingerprint density at radius 1 is 1.30 bits per heavy atom. The normalized spacial score (nSPS) is 10.7. The Morgan fingerprint density at radius 3 is 2.65 bits per heavy atom. The molecule has 0 aliphatic rings. The van der Waals surface area contributed by atoms with Crippen molar-refractivity contribution in [3.05, 3.63) is 51.5 Å². The second kappa shape index (κ2) is 7.85. The zero-order valence-corrected chi connectivity index (χ0v) is 14.0. The fourth-order valence-electron chi connectivity index (χ4n) is 1.57. The highest BCUT2D eigenvalue weighted by Crippen LogP contribution is 2.33. The smallest absolute Gasteiger partial charge is 0.277 e. The van der Waals surface area contributed by atoms with Gasteiger partial charge >= 0.3 is 0 Å². The lowest BCUT2D eigenvalue weighted by Crippen LogP contribution is -2.24. The molecule has 0 aliphatic carbocycles. The summed E-state index contributed by atoms with van der Waals surface area (Å²) in [6.45, 7) is -0.194. The van der Waals surface area contributed by atoms with Gasteiger partial charge in [0, 0.05) is 4.47 Å². The molecule has 0 radical (unpaired) electrons. The van der Waals surface area contributed by atoms with Crippen LogP contribution in [0, 0.1) is 0 Å². The Labute approximate surface area is 145 Å². The maximum Gasteiger partial charge on any atom is 0.277 e. The van der Waals surface area contributed by atoms with Gasteiger partial charge in [0.1, 0.15) is 5.75 Å². The Bertz CT molecular complexity index is 712. The van der Waals surface area contributed by atoms with Crippen molar-refractivity contribution in [2.24, 2.45) is 5.10 Å². The number of carbonyl (C=O) groups excluding carboxylic acids is 1. The van der Waals surface area contributed by atoms with E-state index in [4.69, 9.17) is 16.3 Å². The van der Waals surface area contributed by atoms with E-state index in [1.54, 1.807) is 24.3 Å². The first-order valence-electron chi connectivity index (χ1n) is 6.37. The standard InChI is InChI=1S/C15H12BrClN2O4/c16-10-1-3-11(4-2-10)23-8-14(21)19-18-7-9-5-12(17)15(22)13(20)6-9/h1-7,20,22H,8H2,(H,19,21)/b18-7+. The van der Waals surface area contributed by atoms with Crippen molar-refractivity contribution in [3.8, 4) is 17.2 Å². The zero-order chi connectivity index (χ0) is 16.8. The third-order valence-corrected chi connectivity index (χ3v) is 3.47. The third-order valence-electron chi connectivity index (χ3n) is 2.65. The number of nitrogens with one attached hydrogen (secondary N) is 1. The first-order valence-corrected chi connectivity index (χ1v) is 7.54. The van der Waals surface area contributed by atoms with E-state index in [0.29, 0.717) is 11.3 Å². The van der Waals surface area contributed by atoms with E-state index in [1.165, 1.54) is 18.3 Å². The van der Waals surface area contributed by atoms with Crippen molar-refractivity contribution in [2.75, 3.05) is 6.61 Å². The molecule has 3 N–H and O–H groups in total. The molecule has 2 aromatic rings. The quantitative estimate of drug-likeness (QED) is 0.409. The van der Waals surface area contributed by atoms with Crippen LogP contribution in [0.2, 0.25) is 5.02 Å². The minimum atomic E-state index is -0.446. The largest absolute Gasteiger partial charge is 0.504 e. The molecule has 8 heteroatoms. The van der Waals surface area contributed by atoms with Crippen LogP contribution in [0.1, 0.15) is 5.56 Å². The lowest BCUT2D eigenvalue weighted by molar-refractivity contribution is -0.123. The van der Waals surface area contributed by atoms with Gasteiger partial charge < -0.3 is 14.9 Å². The predicted molar refractivity (Wildman–Crippen MR) is 90.2 cm³/mol. The first-order chi connectivity index (χ1) is 11.0. The number of aromatic hydroxyl groups is 2. The van der Waals surface area contributed by atoms with Crippen LogP contribution in [0.25, 0.3) is 0 Å². The lowest BCUT2D eigenvalue weighted by Gasteiger charge is -2.05. The molecule has 0 saturated heterocycles. The van der Waals surface area contributed by atoms with Crippen LogP contribution < -0.4 is 10.2 Å². The van der Waals surface area contributed by atoms with E-state index in [2.05, 4.69) is 26.5 Å². The van der Waals surface area contributed by atoms with E-state index in [0.717, 1.165) is 4.47 Å². The Hall–Kier alpha value is -2.25. The maximum absolute atomic E-state index is 11.6. The van der Waals surface area contributed by atoms with Crippen LogP contribution >= 0.6 is 27.5 Å². The molecule has 120 valence electrons. The predicted octanol–water partition coefficient (Wildman–Crippen LogP) is 3.04. The van der Waals surface area contributed by atoms with Crippen LogP contribution in [0.15, 0.2) is 46.0 Å². The number of nitrogens with zero attached hydrogens (tertiary/aromatic N) is 1. The maximum atomic E-state index is 11.6. The van der Waals surface area contributed by atoms with E-state index in [9.17, 15) is 15.0 Å². The number of hydrogen-bond donors (Lipinski definition) is 3. The Kier molecular flexibility index (Phi) is 5.84. The first kappa shape index (κ1) is 17.1. The number of amides is 1. The number of carbonyl (C=O) groups is 1. The monoisotopic (exact) mass is 398 g/mol. The fraction of sp³-hybridized carbons (Fsp3) is 0.0667. The molecule has 0 aliphatic heterocycles. The summed E-state index contributed by atoms with van der Waals surface area (Å²) in [5, 5.41) is 22.4. The van der Waals surface area contributed by atoms with Gasteiger partial charge in [0.2, 0.25) is 0 Å². The van der Waals surface area contributed by atoms with Gasteiger partial charge in [-0.05, 0) is 42.0 Å². The average Bonchev–Trinajstić information content (AvgIpc) is 2.52. The summed E-state index contributed by atoms with van der Waals surface area (Å²) in [5.41, 5.74) is 2.69. The highest BCUT2D eigenvalue weighted by Gasteiger charge is 2.06. The molecule has 0 atom stereocenters. The molecular formula is C15H12BrClN2O4. The van der Waals surface area contributed by atoms with Crippen molar-refractivity contribution < 1.29 is 19.7 Å². The van der Waals surface area contributed by atoms with Gasteiger partial charge in [-0.3, -0.25) is 4.79 Å². The topological polar surface area (TPSA) is 91.2 Å². The highest BCUT2D eigenvalue weighted by molar-refractivity contribution is 9.10. The van der Waals surface area contributed by atoms with Gasteiger partial charge in [-0.2, -0.15) is 5.10 Å². The summed E-state index contributed by atoms with van der Waals surface area (Å²) in [7, 11) is 0. The molecule has 2 aromatic carbocycles. The fourth-order valence-corrected chi connectivity index (χ4v) is 2.06. The minimum Gasteiger partial charge on any atom is -0.504 e. The molecule has 0 saturated carbocycles. The molecule has 6 nitrogen and oxygen atoms in total. The van der Waals surface area contributed by atoms with E-state index in [-0.39, 0.29) is 17.4 Å². The summed E-state index contributed by atoms with van der Waals surface area (Å²) in [6, 6.07) is 9.70. The third kappa shape index (κ3) is 5.15. The Morgan fingerprint density at radius 2 is 2.00 bits per heavy atom. The lowest BCUT2D eigenvalue weighted by atomic mass is 10.2. The van der Waals surface area contributed by atoms with Gasteiger partial charge in [0.15, 0.2) is 18.1 Å². The van der Waals surface area contributed by atoms with Crippen molar-refractivity contribution in [3.63, 3.8) is 0 Å². The molecule has 0 heterocycles. The van der Waals surface area contributed by atoms with Gasteiger partial charge in [-0.15, -0.1) is 0 Å². The van der Waals surface area contributed by atoms with E-state index in [1.807, 2.05) is 0 Å².